The molecule has 1 atom stereocenters. The van der Waals surface area contributed by atoms with Crippen molar-refractivity contribution in [1.29, 1.82) is 0 Å². The van der Waals surface area contributed by atoms with E-state index in [4.69, 9.17) is 8.83 Å². The average Bonchev–Trinajstić information content (AvgIpc) is 3.25. The molecular weight excluding hydrogens is 356 g/mol. The predicted molar refractivity (Wildman–Crippen MR) is 103 cm³/mol. The van der Waals surface area contributed by atoms with Crippen molar-refractivity contribution in [3.8, 4) is 0 Å². The SMILES string of the molecule is Cc1ccc(C2SCC(=O)N2CCSCc2ccc(CN(C)C)o2)o1. The van der Waals surface area contributed by atoms with Gasteiger partial charge in [0.1, 0.15) is 28.4 Å². The van der Waals surface area contributed by atoms with Crippen molar-refractivity contribution in [2.24, 2.45) is 0 Å². The maximum absolute atomic E-state index is 12.2. The van der Waals surface area contributed by atoms with Crippen molar-refractivity contribution in [3.05, 3.63) is 47.3 Å². The molecule has 0 N–H and O–H groups in total. The van der Waals surface area contributed by atoms with Gasteiger partial charge < -0.3 is 18.6 Å². The Morgan fingerprint density at radius 1 is 1.24 bits per heavy atom. The second-order valence-corrected chi connectivity index (χ2v) is 8.53. The summed E-state index contributed by atoms with van der Waals surface area (Å²) < 4.78 is 11.5. The summed E-state index contributed by atoms with van der Waals surface area (Å²) in [4.78, 5) is 16.2. The third-order valence-electron chi connectivity index (χ3n) is 3.88. The molecule has 0 aliphatic carbocycles. The van der Waals surface area contributed by atoms with Crippen LogP contribution in [0, 0.1) is 6.92 Å². The molecule has 1 aliphatic rings. The Morgan fingerprint density at radius 3 is 2.76 bits per heavy atom. The fourth-order valence-electron chi connectivity index (χ4n) is 2.75. The Hall–Kier alpha value is -1.31. The molecule has 25 heavy (non-hydrogen) atoms. The molecule has 1 amide bonds. The molecule has 5 nitrogen and oxygen atoms in total. The van der Waals surface area contributed by atoms with Crippen molar-refractivity contribution in [2.75, 3.05) is 32.1 Å². The Morgan fingerprint density at radius 2 is 2.04 bits per heavy atom. The Kier molecular flexibility index (Phi) is 6.19. The summed E-state index contributed by atoms with van der Waals surface area (Å²) in [6.07, 6.45) is 0. The van der Waals surface area contributed by atoms with Crippen LogP contribution in [-0.4, -0.2) is 47.9 Å². The summed E-state index contributed by atoms with van der Waals surface area (Å²) in [5, 5.41) is 0.0112. The summed E-state index contributed by atoms with van der Waals surface area (Å²) >= 11 is 3.43. The molecule has 1 aliphatic heterocycles. The lowest BCUT2D eigenvalue weighted by atomic mass is 10.4. The van der Waals surface area contributed by atoms with E-state index in [1.54, 1.807) is 23.5 Å². The van der Waals surface area contributed by atoms with Crippen LogP contribution in [-0.2, 0) is 17.1 Å². The monoisotopic (exact) mass is 380 g/mol. The van der Waals surface area contributed by atoms with Gasteiger partial charge in [-0.05, 0) is 45.3 Å². The Labute approximate surface area is 157 Å². The van der Waals surface area contributed by atoms with Crippen LogP contribution in [0.3, 0.4) is 0 Å². The molecule has 1 saturated heterocycles. The fraction of sp³-hybridized carbons (Fsp3) is 0.500. The van der Waals surface area contributed by atoms with E-state index in [1.807, 2.05) is 50.2 Å². The summed E-state index contributed by atoms with van der Waals surface area (Å²) in [6, 6.07) is 8.00. The molecule has 0 bridgehead atoms. The zero-order chi connectivity index (χ0) is 17.8. The molecule has 7 heteroatoms. The summed E-state index contributed by atoms with van der Waals surface area (Å²) in [6.45, 7) is 3.47. The number of rotatable bonds is 8. The number of hydrogen-bond acceptors (Lipinski definition) is 6. The number of carbonyl (C=O) groups excluding carboxylic acids is 1. The molecule has 3 rings (SSSR count). The lowest BCUT2D eigenvalue weighted by Gasteiger charge is -2.22. The normalized spacial score (nSPS) is 17.8. The van der Waals surface area contributed by atoms with E-state index in [9.17, 15) is 4.79 Å². The van der Waals surface area contributed by atoms with Gasteiger partial charge in [-0.3, -0.25) is 4.79 Å². The highest BCUT2D eigenvalue weighted by Crippen LogP contribution is 2.39. The number of furan rings is 2. The maximum atomic E-state index is 12.2. The smallest absolute Gasteiger partial charge is 0.233 e. The Balaban J connectivity index is 1.47. The van der Waals surface area contributed by atoms with E-state index < -0.39 is 0 Å². The topological polar surface area (TPSA) is 49.8 Å². The zero-order valence-electron chi connectivity index (χ0n) is 14.9. The van der Waals surface area contributed by atoms with Crippen LogP contribution in [0.1, 0.15) is 28.4 Å². The number of hydrogen-bond donors (Lipinski definition) is 0. The second-order valence-electron chi connectivity index (χ2n) is 6.36. The lowest BCUT2D eigenvalue weighted by molar-refractivity contribution is -0.128. The molecule has 1 unspecified atom stereocenters. The molecule has 2 aromatic heterocycles. The van der Waals surface area contributed by atoms with Gasteiger partial charge in [-0.15, -0.1) is 11.8 Å². The molecule has 1 fully saturated rings. The van der Waals surface area contributed by atoms with Gasteiger partial charge in [0.15, 0.2) is 0 Å². The van der Waals surface area contributed by atoms with Crippen LogP contribution in [0.25, 0.3) is 0 Å². The Bertz CT molecular complexity index is 711. The minimum atomic E-state index is 0.0112. The van der Waals surface area contributed by atoms with E-state index in [0.29, 0.717) is 5.75 Å². The predicted octanol–water partition coefficient (Wildman–Crippen LogP) is 3.75. The number of aryl methyl sites for hydroxylation is 1. The first-order valence-electron chi connectivity index (χ1n) is 8.30. The molecule has 0 radical (unpaired) electrons. The van der Waals surface area contributed by atoms with Gasteiger partial charge in [-0.1, -0.05) is 0 Å². The molecule has 136 valence electrons. The first-order chi connectivity index (χ1) is 12.0. The van der Waals surface area contributed by atoms with E-state index >= 15 is 0 Å². The summed E-state index contributed by atoms with van der Waals surface area (Å²) in [5.74, 6) is 6.16. The molecular formula is C18H24N2O3S2. The molecule has 0 spiro atoms. The van der Waals surface area contributed by atoms with Gasteiger partial charge in [0, 0.05) is 12.3 Å². The molecule has 3 heterocycles. The highest BCUT2D eigenvalue weighted by molar-refractivity contribution is 8.00. The zero-order valence-corrected chi connectivity index (χ0v) is 16.5. The van der Waals surface area contributed by atoms with Crippen molar-refractivity contribution in [3.63, 3.8) is 0 Å². The summed E-state index contributed by atoms with van der Waals surface area (Å²) in [5.41, 5.74) is 0. The third-order valence-corrected chi connectivity index (χ3v) is 6.06. The molecule has 2 aromatic rings. The van der Waals surface area contributed by atoms with Gasteiger partial charge in [-0.2, -0.15) is 11.8 Å². The molecule has 0 saturated carbocycles. The minimum absolute atomic E-state index is 0.0112. The average molecular weight is 381 g/mol. The van der Waals surface area contributed by atoms with Gasteiger partial charge in [-0.25, -0.2) is 0 Å². The van der Waals surface area contributed by atoms with Crippen LogP contribution in [0.4, 0.5) is 0 Å². The second kappa shape index (κ2) is 8.38. The molecule has 0 aromatic carbocycles. The first-order valence-corrected chi connectivity index (χ1v) is 10.5. The third kappa shape index (κ3) is 4.86. The largest absolute Gasteiger partial charge is 0.464 e. The van der Waals surface area contributed by atoms with Gasteiger partial charge in [0.25, 0.3) is 0 Å². The van der Waals surface area contributed by atoms with Crippen molar-refractivity contribution < 1.29 is 13.6 Å². The fourth-order valence-corrected chi connectivity index (χ4v) is 4.74. The van der Waals surface area contributed by atoms with E-state index in [0.717, 1.165) is 47.6 Å². The van der Waals surface area contributed by atoms with Crippen LogP contribution in [0.5, 0.6) is 0 Å². The first kappa shape index (κ1) is 18.5. The van der Waals surface area contributed by atoms with Crippen LogP contribution < -0.4 is 0 Å². The maximum Gasteiger partial charge on any atom is 0.233 e. The van der Waals surface area contributed by atoms with Crippen LogP contribution in [0.2, 0.25) is 0 Å². The van der Waals surface area contributed by atoms with Gasteiger partial charge in [0.2, 0.25) is 5.91 Å². The van der Waals surface area contributed by atoms with E-state index in [2.05, 4.69) is 4.90 Å². The minimum Gasteiger partial charge on any atom is -0.464 e. The van der Waals surface area contributed by atoms with E-state index in [-0.39, 0.29) is 11.3 Å². The van der Waals surface area contributed by atoms with Crippen LogP contribution in [0.15, 0.2) is 33.1 Å². The quantitative estimate of drug-likeness (QED) is 0.650. The number of amides is 1. The van der Waals surface area contributed by atoms with Crippen molar-refractivity contribution in [1.82, 2.24) is 9.80 Å². The van der Waals surface area contributed by atoms with Crippen molar-refractivity contribution >= 4 is 29.4 Å². The number of carbonyl (C=O) groups is 1. The van der Waals surface area contributed by atoms with Gasteiger partial charge in [0.05, 0.1) is 18.1 Å². The van der Waals surface area contributed by atoms with Crippen LogP contribution >= 0.6 is 23.5 Å². The van der Waals surface area contributed by atoms with Crippen molar-refractivity contribution in [2.45, 2.75) is 24.6 Å². The summed E-state index contributed by atoms with van der Waals surface area (Å²) in [7, 11) is 4.05. The highest BCUT2D eigenvalue weighted by Gasteiger charge is 2.34. The number of thioether (sulfide) groups is 2. The lowest BCUT2D eigenvalue weighted by Crippen LogP contribution is -2.30. The highest BCUT2D eigenvalue weighted by atomic mass is 32.2. The van der Waals surface area contributed by atoms with E-state index in [1.165, 1.54) is 0 Å². The van der Waals surface area contributed by atoms with Gasteiger partial charge >= 0.3 is 0 Å². The number of nitrogens with zero attached hydrogens (tertiary/aromatic N) is 2. The standard InChI is InChI=1S/C18H24N2O3S2/c1-13-4-7-16(22-13)18-20(17(21)12-25-18)8-9-24-11-15-6-5-14(23-15)10-19(2)3/h4-7,18H,8-12H2,1-3H3.